The second kappa shape index (κ2) is 6.18. The summed E-state index contributed by atoms with van der Waals surface area (Å²) in [7, 11) is 0. The molecule has 0 aliphatic carbocycles. The van der Waals surface area contributed by atoms with E-state index in [1.165, 1.54) is 6.07 Å². The van der Waals surface area contributed by atoms with Crippen LogP contribution in [-0.4, -0.2) is 11.7 Å². The molecule has 2 aromatic carbocycles. The molecule has 19 heavy (non-hydrogen) atoms. The molecule has 0 aliphatic heterocycles. The van der Waals surface area contributed by atoms with Crippen molar-refractivity contribution in [2.24, 2.45) is 0 Å². The highest BCUT2D eigenvalue weighted by Crippen LogP contribution is 2.25. The fraction of sp³-hybridized carbons (Fsp3) is 0.250. The van der Waals surface area contributed by atoms with Gasteiger partial charge in [-0.3, -0.25) is 0 Å². The van der Waals surface area contributed by atoms with Crippen LogP contribution >= 0.6 is 11.6 Å². The van der Waals surface area contributed by atoms with E-state index in [4.69, 9.17) is 11.6 Å². The van der Waals surface area contributed by atoms with Gasteiger partial charge in [0.05, 0.1) is 6.61 Å². The van der Waals surface area contributed by atoms with E-state index in [2.05, 4.69) is 0 Å². The molecule has 2 aromatic rings. The smallest absolute Gasteiger partial charge is 0.127 e. The van der Waals surface area contributed by atoms with Gasteiger partial charge in [-0.25, -0.2) is 4.39 Å². The Morgan fingerprint density at radius 1 is 1.21 bits per heavy atom. The molecule has 0 amide bonds. The lowest BCUT2D eigenvalue weighted by Crippen LogP contribution is -2.10. The Kier molecular flexibility index (Phi) is 4.56. The summed E-state index contributed by atoms with van der Waals surface area (Å²) in [4.78, 5) is 0. The normalized spacial score (nSPS) is 12.4. The SMILES string of the molecule is Cc1ccccc1C(CO)Cc1ccc(Cl)cc1F. The second-order valence-corrected chi connectivity index (χ2v) is 5.11. The zero-order valence-electron chi connectivity index (χ0n) is 10.7. The van der Waals surface area contributed by atoms with E-state index in [1.807, 2.05) is 31.2 Å². The molecular weight excluding hydrogens is 263 g/mol. The van der Waals surface area contributed by atoms with Gasteiger partial charge in [-0.05, 0) is 42.2 Å². The van der Waals surface area contributed by atoms with Gasteiger partial charge in [0.2, 0.25) is 0 Å². The van der Waals surface area contributed by atoms with Gasteiger partial charge in [-0.15, -0.1) is 0 Å². The number of aliphatic hydroxyl groups is 1. The lowest BCUT2D eigenvalue weighted by molar-refractivity contribution is 0.263. The van der Waals surface area contributed by atoms with E-state index in [0.29, 0.717) is 17.0 Å². The Bertz CT molecular complexity index is 568. The van der Waals surface area contributed by atoms with E-state index >= 15 is 0 Å². The Morgan fingerprint density at radius 3 is 2.58 bits per heavy atom. The van der Waals surface area contributed by atoms with Crippen LogP contribution in [0.3, 0.4) is 0 Å². The number of aryl methyl sites for hydroxylation is 1. The third kappa shape index (κ3) is 3.34. The van der Waals surface area contributed by atoms with Crippen LogP contribution in [0.25, 0.3) is 0 Å². The molecule has 100 valence electrons. The molecule has 2 rings (SSSR count). The van der Waals surface area contributed by atoms with Crippen molar-refractivity contribution in [1.82, 2.24) is 0 Å². The van der Waals surface area contributed by atoms with Crippen molar-refractivity contribution in [3.8, 4) is 0 Å². The predicted molar refractivity (Wildman–Crippen MR) is 76.1 cm³/mol. The van der Waals surface area contributed by atoms with Crippen LogP contribution in [0.4, 0.5) is 4.39 Å². The van der Waals surface area contributed by atoms with Gasteiger partial charge < -0.3 is 5.11 Å². The first-order chi connectivity index (χ1) is 9.11. The molecule has 0 radical (unpaired) electrons. The van der Waals surface area contributed by atoms with Gasteiger partial charge in [0.15, 0.2) is 0 Å². The van der Waals surface area contributed by atoms with Gasteiger partial charge in [0.25, 0.3) is 0 Å². The minimum Gasteiger partial charge on any atom is -0.396 e. The van der Waals surface area contributed by atoms with Crippen molar-refractivity contribution < 1.29 is 9.50 Å². The Morgan fingerprint density at radius 2 is 1.95 bits per heavy atom. The molecule has 0 saturated heterocycles. The summed E-state index contributed by atoms with van der Waals surface area (Å²) in [6.45, 7) is 1.99. The van der Waals surface area contributed by atoms with Gasteiger partial charge in [-0.2, -0.15) is 0 Å². The van der Waals surface area contributed by atoms with Gasteiger partial charge >= 0.3 is 0 Å². The zero-order chi connectivity index (χ0) is 13.8. The number of benzene rings is 2. The number of aliphatic hydroxyl groups excluding tert-OH is 1. The van der Waals surface area contributed by atoms with E-state index < -0.39 is 0 Å². The first kappa shape index (κ1) is 14.0. The van der Waals surface area contributed by atoms with Crippen molar-refractivity contribution in [3.05, 3.63) is 70.0 Å². The summed E-state index contributed by atoms with van der Waals surface area (Å²) in [6.07, 6.45) is 0.463. The molecule has 0 aromatic heterocycles. The molecule has 3 heteroatoms. The first-order valence-corrected chi connectivity index (χ1v) is 6.60. The molecule has 0 spiro atoms. The molecule has 1 N–H and O–H groups in total. The topological polar surface area (TPSA) is 20.2 Å². The van der Waals surface area contributed by atoms with E-state index in [0.717, 1.165) is 11.1 Å². The summed E-state index contributed by atoms with van der Waals surface area (Å²) in [5.41, 5.74) is 2.74. The van der Waals surface area contributed by atoms with Gasteiger partial charge in [0.1, 0.15) is 5.82 Å². The van der Waals surface area contributed by atoms with Crippen LogP contribution < -0.4 is 0 Å². The maximum absolute atomic E-state index is 13.8. The van der Waals surface area contributed by atoms with E-state index in [-0.39, 0.29) is 18.3 Å². The zero-order valence-corrected chi connectivity index (χ0v) is 11.5. The summed E-state index contributed by atoms with van der Waals surface area (Å²) >= 11 is 5.74. The van der Waals surface area contributed by atoms with Gasteiger partial charge in [-0.1, -0.05) is 41.9 Å². The van der Waals surface area contributed by atoms with Crippen molar-refractivity contribution in [1.29, 1.82) is 0 Å². The van der Waals surface area contributed by atoms with Crippen LogP contribution in [0, 0.1) is 12.7 Å². The third-order valence-corrected chi connectivity index (χ3v) is 3.57. The Balaban J connectivity index is 2.27. The maximum Gasteiger partial charge on any atom is 0.127 e. The molecule has 0 heterocycles. The fourth-order valence-electron chi connectivity index (χ4n) is 2.27. The molecule has 1 atom stereocenters. The van der Waals surface area contributed by atoms with Gasteiger partial charge in [0, 0.05) is 10.9 Å². The largest absolute Gasteiger partial charge is 0.396 e. The van der Waals surface area contributed by atoms with Crippen molar-refractivity contribution in [2.75, 3.05) is 6.61 Å². The Hall–Kier alpha value is -1.38. The van der Waals surface area contributed by atoms with Crippen LogP contribution in [0.2, 0.25) is 5.02 Å². The van der Waals surface area contributed by atoms with E-state index in [9.17, 15) is 9.50 Å². The highest BCUT2D eigenvalue weighted by Gasteiger charge is 2.15. The monoisotopic (exact) mass is 278 g/mol. The van der Waals surface area contributed by atoms with Crippen LogP contribution in [0.15, 0.2) is 42.5 Å². The van der Waals surface area contributed by atoms with Crippen LogP contribution in [-0.2, 0) is 6.42 Å². The molecular formula is C16H16ClFO. The number of hydrogen-bond donors (Lipinski definition) is 1. The second-order valence-electron chi connectivity index (χ2n) is 4.68. The van der Waals surface area contributed by atoms with Crippen molar-refractivity contribution in [2.45, 2.75) is 19.3 Å². The standard InChI is InChI=1S/C16H16ClFO/c1-11-4-2-3-5-15(11)13(10-19)8-12-6-7-14(17)9-16(12)18/h2-7,9,13,19H,8,10H2,1H3. The van der Waals surface area contributed by atoms with Crippen LogP contribution in [0.5, 0.6) is 0 Å². The van der Waals surface area contributed by atoms with Crippen LogP contribution in [0.1, 0.15) is 22.6 Å². The summed E-state index contributed by atoms with van der Waals surface area (Å²) in [5.74, 6) is -0.420. The summed E-state index contributed by atoms with van der Waals surface area (Å²) in [5, 5.41) is 9.95. The lowest BCUT2D eigenvalue weighted by Gasteiger charge is -2.17. The predicted octanol–water partition coefficient (Wildman–Crippen LogP) is 4.11. The first-order valence-electron chi connectivity index (χ1n) is 6.22. The molecule has 0 fully saturated rings. The summed E-state index contributed by atoms with van der Waals surface area (Å²) < 4.78 is 13.8. The molecule has 0 aliphatic rings. The minimum absolute atomic E-state index is 0.00702. The number of hydrogen-bond acceptors (Lipinski definition) is 1. The average molecular weight is 279 g/mol. The highest BCUT2D eigenvalue weighted by molar-refractivity contribution is 6.30. The maximum atomic E-state index is 13.8. The fourth-order valence-corrected chi connectivity index (χ4v) is 2.43. The molecule has 1 unspecified atom stereocenters. The third-order valence-electron chi connectivity index (χ3n) is 3.33. The Labute approximate surface area is 117 Å². The minimum atomic E-state index is -0.320. The van der Waals surface area contributed by atoms with Crippen molar-refractivity contribution >= 4 is 11.6 Å². The van der Waals surface area contributed by atoms with E-state index in [1.54, 1.807) is 12.1 Å². The number of halogens is 2. The molecule has 0 bridgehead atoms. The quantitative estimate of drug-likeness (QED) is 0.892. The van der Waals surface area contributed by atoms with Crippen molar-refractivity contribution in [3.63, 3.8) is 0 Å². The lowest BCUT2D eigenvalue weighted by atomic mass is 9.90. The molecule has 1 nitrogen and oxygen atoms in total. The molecule has 0 saturated carbocycles. The highest BCUT2D eigenvalue weighted by atomic mass is 35.5. The number of rotatable bonds is 4. The average Bonchev–Trinajstić information content (AvgIpc) is 2.39. The summed E-state index contributed by atoms with van der Waals surface area (Å²) in [6, 6.07) is 12.5.